The zero-order valence-corrected chi connectivity index (χ0v) is 32.0. The fourth-order valence-electron chi connectivity index (χ4n) is 8.60. The molecule has 0 N–H and O–H groups in total. The van der Waals surface area contributed by atoms with E-state index in [2.05, 4.69) is 64.1 Å². The molecule has 270 valence electrons. The molecule has 2 saturated carbocycles. The van der Waals surface area contributed by atoms with E-state index < -0.39 is 0 Å². The highest BCUT2D eigenvalue weighted by Gasteiger charge is 2.23. The Bertz CT molecular complexity index is 1120. The van der Waals surface area contributed by atoms with Crippen LogP contribution < -0.4 is 9.47 Å². The van der Waals surface area contributed by atoms with E-state index in [0.717, 1.165) is 42.5 Å². The Labute approximate surface area is 297 Å². The summed E-state index contributed by atoms with van der Waals surface area (Å²) >= 11 is 0. The van der Waals surface area contributed by atoms with Crippen LogP contribution in [0.25, 0.3) is 11.1 Å². The minimum Gasteiger partial charge on any atom is -0.493 e. The van der Waals surface area contributed by atoms with E-state index in [0.29, 0.717) is 5.92 Å². The molecule has 0 saturated heterocycles. The number of aryl methyl sites for hydroxylation is 2. The fourth-order valence-corrected chi connectivity index (χ4v) is 8.60. The summed E-state index contributed by atoms with van der Waals surface area (Å²) in [6, 6.07) is 13.4. The molecule has 0 atom stereocenters. The summed E-state index contributed by atoms with van der Waals surface area (Å²) in [6.07, 6.45) is 33.8. The van der Waals surface area contributed by atoms with Gasteiger partial charge in [-0.3, -0.25) is 0 Å². The van der Waals surface area contributed by atoms with E-state index in [9.17, 15) is 0 Å². The van der Waals surface area contributed by atoms with E-state index in [-0.39, 0.29) is 0 Å². The Balaban J connectivity index is 1.11. The molecule has 2 fully saturated rings. The van der Waals surface area contributed by atoms with Gasteiger partial charge in [-0.25, -0.2) is 0 Å². The van der Waals surface area contributed by atoms with Crippen molar-refractivity contribution in [2.75, 3.05) is 13.2 Å². The van der Waals surface area contributed by atoms with Crippen LogP contribution >= 0.6 is 0 Å². The molecule has 48 heavy (non-hydrogen) atoms. The summed E-state index contributed by atoms with van der Waals surface area (Å²) in [6.45, 7) is 10.8. The standard InChI is InChI=1S/C46H74O2/c1-5-7-9-11-13-15-17-19-39-21-25-41(26-22-39)35-47-44-30-31-45(37(3)34-44)43-29-32-46(38(4)33-43)48-36-42-27-23-40(24-28-42)20-18-16-14-12-10-8-6-2/h29-34,39-42H,5-28,35-36H2,1-4H3/t39-,40-,41-,42-. The molecular weight excluding hydrogens is 585 g/mol. The third-order valence-electron chi connectivity index (χ3n) is 12.0. The first kappa shape index (κ1) is 38.8. The average Bonchev–Trinajstić information content (AvgIpc) is 3.10. The molecule has 2 heteroatoms. The van der Waals surface area contributed by atoms with Gasteiger partial charge in [0.25, 0.3) is 0 Å². The summed E-state index contributed by atoms with van der Waals surface area (Å²) in [5.74, 6) is 5.43. The third-order valence-corrected chi connectivity index (χ3v) is 12.0. The van der Waals surface area contributed by atoms with Crippen molar-refractivity contribution in [2.24, 2.45) is 23.7 Å². The van der Waals surface area contributed by atoms with E-state index in [1.807, 2.05) is 0 Å². The van der Waals surface area contributed by atoms with Crippen LogP contribution in [-0.2, 0) is 0 Å². The summed E-state index contributed by atoms with van der Waals surface area (Å²) < 4.78 is 12.8. The number of benzene rings is 2. The predicted octanol–water partition coefficient (Wildman–Crippen LogP) is 14.6. The van der Waals surface area contributed by atoms with Gasteiger partial charge < -0.3 is 9.47 Å². The number of rotatable bonds is 23. The molecule has 0 radical (unpaired) electrons. The molecule has 0 amide bonds. The van der Waals surface area contributed by atoms with E-state index in [1.165, 1.54) is 176 Å². The van der Waals surface area contributed by atoms with Crippen LogP contribution in [0.4, 0.5) is 0 Å². The molecule has 2 aromatic rings. The van der Waals surface area contributed by atoms with Gasteiger partial charge in [-0.15, -0.1) is 0 Å². The van der Waals surface area contributed by atoms with E-state index in [1.54, 1.807) is 0 Å². The van der Waals surface area contributed by atoms with E-state index >= 15 is 0 Å². The van der Waals surface area contributed by atoms with Gasteiger partial charge in [-0.1, -0.05) is 154 Å². The number of hydrogen-bond acceptors (Lipinski definition) is 2. The Morgan fingerprint density at radius 2 is 0.958 bits per heavy atom. The molecule has 0 spiro atoms. The maximum absolute atomic E-state index is 6.41. The lowest BCUT2D eigenvalue weighted by molar-refractivity contribution is 0.177. The zero-order valence-electron chi connectivity index (χ0n) is 32.0. The van der Waals surface area contributed by atoms with Gasteiger partial charge in [0.05, 0.1) is 13.2 Å². The summed E-state index contributed by atoms with van der Waals surface area (Å²) in [7, 11) is 0. The van der Waals surface area contributed by atoms with Crippen LogP contribution in [0.1, 0.15) is 179 Å². The second-order valence-corrected chi connectivity index (χ2v) is 16.2. The quantitative estimate of drug-likeness (QED) is 0.111. The van der Waals surface area contributed by atoms with Crippen molar-refractivity contribution in [2.45, 2.75) is 182 Å². The van der Waals surface area contributed by atoms with Gasteiger partial charge in [0.2, 0.25) is 0 Å². The van der Waals surface area contributed by atoms with Crippen LogP contribution in [0.2, 0.25) is 0 Å². The van der Waals surface area contributed by atoms with Crippen molar-refractivity contribution >= 4 is 0 Å². The molecule has 0 unspecified atom stereocenters. The minimum absolute atomic E-state index is 0.717. The van der Waals surface area contributed by atoms with Crippen LogP contribution in [0.5, 0.6) is 11.5 Å². The Morgan fingerprint density at radius 3 is 1.46 bits per heavy atom. The maximum atomic E-state index is 6.41. The van der Waals surface area contributed by atoms with Crippen LogP contribution in [0, 0.1) is 37.5 Å². The normalized spacial score (nSPS) is 21.3. The SMILES string of the molecule is CCCCCCCCC[C@H]1CC[C@H](COc2ccc(-c3ccc(OC[C@H]4CC[C@H](CCCCCCCCC)CC4)c(C)c3)c(C)c2)CC1. The number of hydrogen-bond donors (Lipinski definition) is 0. The van der Waals surface area contributed by atoms with Crippen LogP contribution in [-0.4, -0.2) is 13.2 Å². The predicted molar refractivity (Wildman–Crippen MR) is 208 cm³/mol. The van der Waals surface area contributed by atoms with Gasteiger partial charge in [-0.05, 0) is 110 Å². The van der Waals surface area contributed by atoms with Crippen molar-refractivity contribution in [3.05, 3.63) is 47.5 Å². The summed E-state index contributed by atoms with van der Waals surface area (Å²) in [5.41, 5.74) is 5.09. The highest BCUT2D eigenvalue weighted by Crippen LogP contribution is 2.36. The first-order valence-corrected chi connectivity index (χ1v) is 21.0. The number of unbranched alkanes of at least 4 members (excludes halogenated alkanes) is 12. The molecule has 2 nitrogen and oxygen atoms in total. The highest BCUT2D eigenvalue weighted by molar-refractivity contribution is 5.69. The lowest BCUT2D eigenvalue weighted by atomic mass is 9.80. The topological polar surface area (TPSA) is 18.5 Å². The van der Waals surface area contributed by atoms with Crippen molar-refractivity contribution in [1.29, 1.82) is 0 Å². The van der Waals surface area contributed by atoms with E-state index in [4.69, 9.17) is 9.47 Å². The van der Waals surface area contributed by atoms with Gasteiger partial charge in [0, 0.05) is 0 Å². The van der Waals surface area contributed by atoms with Crippen LogP contribution in [0.3, 0.4) is 0 Å². The molecular formula is C46H74O2. The Morgan fingerprint density at radius 1 is 0.479 bits per heavy atom. The second-order valence-electron chi connectivity index (χ2n) is 16.2. The Kier molecular flexibility index (Phi) is 18.4. The van der Waals surface area contributed by atoms with Crippen molar-refractivity contribution < 1.29 is 9.47 Å². The van der Waals surface area contributed by atoms with Gasteiger partial charge in [0.15, 0.2) is 0 Å². The van der Waals surface area contributed by atoms with Gasteiger partial charge >= 0.3 is 0 Å². The van der Waals surface area contributed by atoms with Crippen LogP contribution in [0.15, 0.2) is 36.4 Å². The monoisotopic (exact) mass is 659 g/mol. The van der Waals surface area contributed by atoms with Gasteiger partial charge in [-0.2, -0.15) is 0 Å². The average molecular weight is 659 g/mol. The Hall–Kier alpha value is -1.96. The molecule has 4 rings (SSSR count). The smallest absolute Gasteiger partial charge is 0.122 e. The molecule has 0 aliphatic heterocycles. The third kappa shape index (κ3) is 14.1. The molecule has 0 aromatic heterocycles. The summed E-state index contributed by atoms with van der Waals surface area (Å²) in [5, 5.41) is 0. The maximum Gasteiger partial charge on any atom is 0.122 e. The van der Waals surface area contributed by atoms with Gasteiger partial charge in [0.1, 0.15) is 11.5 Å². The van der Waals surface area contributed by atoms with Crippen molar-refractivity contribution in [3.63, 3.8) is 0 Å². The number of ether oxygens (including phenoxy) is 2. The molecule has 2 aromatic carbocycles. The molecule has 2 aliphatic carbocycles. The lowest BCUT2D eigenvalue weighted by Crippen LogP contribution is -2.20. The second kappa shape index (κ2) is 22.7. The van der Waals surface area contributed by atoms with Crippen molar-refractivity contribution in [1.82, 2.24) is 0 Å². The fraction of sp³-hybridized carbons (Fsp3) is 0.739. The molecule has 0 bridgehead atoms. The lowest BCUT2D eigenvalue weighted by Gasteiger charge is -2.28. The minimum atomic E-state index is 0.717. The first-order chi connectivity index (χ1) is 23.6. The zero-order chi connectivity index (χ0) is 33.8. The largest absolute Gasteiger partial charge is 0.493 e. The molecule has 0 heterocycles. The van der Waals surface area contributed by atoms with Crippen molar-refractivity contribution in [3.8, 4) is 22.6 Å². The molecule has 2 aliphatic rings. The first-order valence-electron chi connectivity index (χ1n) is 21.0. The summed E-state index contributed by atoms with van der Waals surface area (Å²) in [4.78, 5) is 0. The highest BCUT2D eigenvalue weighted by atomic mass is 16.5.